The maximum atomic E-state index is 8.55. The third-order valence-corrected chi connectivity index (χ3v) is 2.85. The Hall–Kier alpha value is -3.22. The first kappa shape index (κ1) is 25.8. The molecule has 0 aromatic carbocycles. The second-order valence-corrected chi connectivity index (χ2v) is 5.86. The maximum absolute atomic E-state index is 8.55. The Bertz CT molecular complexity index is 759. The Balaban J connectivity index is 0.000000367. The van der Waals surface area contributed by atoms with Gasteiger partial charge in [0.1, 0.15) is 0 Å². The molecule has 7 nitrogen and oxygen atoms in total. The molecular formula is C21H24N3O4P. The van der Waals surface area contributed by atoms with Gasteiger partial charge >= 0.3 is 0 Å². The van der Waals surface area contributed by atoms with Crippen molar-refractivity contribution in [2.75, 3.05) is 0 Å². The lowest BCUT2D eigenvalue weighted by Crippen LogP contribution is -2.24. The lowest BCUT2D eigenvalue weighted by molar-refractivity contribution is -0.568. The summed E-state index contributed by atoms with van der Waals surface area (Å²) in [7, 11) is -5.39. The number of pyridine rings is 3. The molecule has 0 aliphatic heterocycles. The zero-order valence-corrected chi connectivity index (χ0v) is 16.8. The topological polar surface area (TPSA) is 97.9 Å². The van der Waals surface area contributed by atoms with Crippen LogP contribution in [0.4, 0.5) is 0 Å². The van der Waals surface area contributed by atoms with Gasteiger partial charge in [0.15, 0.2) is 55.8 Å². The molecular weight excluding hydrogens is 389 g/mol. The zero-order valence-electron chi connectivity index (χ0n) is 15.9. The molecule has 0 N–H and O–H groups in total. The van der Waals surface area contributed by atoms with Crippen LogP contribution in [0.2, 0.25) is 0 Å². The normalized spacial score (nSPS) is 9.07. The number of hydrogen-bond acceptors (Lipinski definition) is 4. The first-order valence-corrected chi connectivity index (χ1v) is 9.74. The van der Waals surface area contributed by atoms with Crippen LogP contribution >= 0.6 is 7.82 Å². The number of phosphoric acid groups is 1. The van der Waals surface area contributed by atoms with Crippen molar-refractivity contribution < 1.29 is 32.9 Å². The SMILES string of the molecule is C=C[n+]1ccccc1.C=C[n+]1ccccc1.C=C[n+]1ccccc1.O=P([O-])([O-])[O-]. The first-order valence-electron chi connectivity index (χ1n) is 8.28. The molecule has 3 aromatic rings. The van der Waals surface area contributed by atoms with Crippen molar-refractivity contribution in [3.05, 3.63) is 112 Å². The Kier molecular flexibility index (Phi) is 14.0. The lowest BCUT2D eigenvalue weighted by Gasteiger charge is -2.36. The molecule has 29 heavy (non-hydrogen) atoms. The van der Waals surface area contributed by atoms with Crippen LogP contribution in [0.5, 0.6) is 0 Å². The van der Waals surface area contributed by atoms with E-state index < -0.39 is 7.82 Å². The lowest BCUT2D eigenvalue weighted by atomic mass is 10.5. The van der Waals surface area contributed by atoms with E-state index in [1.165, 1.54) is 0 Å². The third kappa shape index (κ3) is 17.9. The van der Waals surface area contributed by atoms with Crippen LogP contribution in [0.1, 0.15) is 0 Å². The van der Waals surface area contributed by atoms with Crippen LogP contribution in [0.25, 0.3) is 18.6 Å². The van der Waals surface area contributed by atoms with E-state index in [2.05, 4.69) is 19.7 Å². The molecule has 152 valence electrons. The summed E-state index contributed by atoms with van der Waals surface area (Å²) >= 11 is 0. The molecule has 0 saturated carbocycles. The minimum absolute atomic E-state index is 1.75. The number of nitrogens with zero attached hydrogens (tertiary/aromatic N) is 3. The van der Waals surface area contributed by atoms with Crippen LogP contribution in [-0.2, 0) is 4.57 Å². The summed E-state index contributed by atoms with van der Waals surface area (Å²) in [4.78, 5) is 25.6. The van der Waals surface area contributed by atoms with E-state index >= 15 is 0 Å². The van der Waals surface area contributed by atoms with Crippen LogP contribution in [0.3, 0.4) is 0 Å². The molecule has 0 saturated heterocycles. The molecule has 0 amide bonds. The molecule has 0 bridgehead atoms. The highest BCUT2D eigenvalue weighted by molar-refractivity contribution is 7.40. The Morgan fingerprint density at radius 3 is 0.793 bits per heavy atom. The smallest absolute Gasteiger partial charge is 0.174 e. The molecule has 0 aliphatic carbocycles. The first-order chi connectivity index (χ1) is 13.8. The average molecular weight is 413 g/mol. The average Bonchev–Trinajstić information content (AvgIpc) is 2.75. The van der Waals surface area contributed by atoms with E-state index in [1.54, 1.807) is 18.6 Å². The fourth-order valence-corrected chi connectivity index (χ4v) is 1.60. The highest BCUT2D eigenvalue weighted by atomic mass is 31.2. The van der Waals surface area contributed by atoms with Gasteiger partial charge in [-0.15, -0.1) is 0 Å². The van der Waals surface area contributed by atoms with Crippen molar-refractivity contribution in [3.8, 4) is 0 Å². The molecule has 0 atom stereocenters. The number of rotatable bonds is 3. The van der Waals surface area contributed by atoms with Gasteiger partial charge in [0.05, 0.1) is 0 Å². The molecule has 0 unspecified atom stereocenters. The van der Waals surface area contributed by atoms with E-state index in [-0.39, 0.29) is 0 Å². The third-order valence-electron chi connectivity index (χ3n) is 2.85. The summed E-state index contributed by atoms with van der Waals surface area (Å²) in [5, 5.41) is 0. The summed E-state index contributed by atoms with van der Waals surface area (Å²) in [6.07, 6.45) is 16.9. The predicted octanol–water partition coefficient (Wildman–Crippen LogP) is 0.399. The van der Waals surface area contributed by atoms with Gasteiger partial charge in [-0.25, -0.2) is 0 Å². The van der Waals surface area contributed by atoms with Gasteiger partial charge in [-0.05, 0) is 19.7 Å². The molecule has 3 aromatic heterocycles. The maximum Gasteiger partial charge on any atom is 0.174 e. The highest BCUT2D eigenvalue weighted by Crippen LogP contribution is 2.03. The van der Waals surface area contributed by atoms with Crippen molar-refractivity contribution in [2.45, 2.75) is 0 Å². The summed E-state index contributed by atoms with van der Waals surface area (Å²) in [5.74, 6) is 0. The predicted molar refractivity (Wildman–Crippen MR) is 107 cm³/mol. The van der Waals surface area contributed by atoms with Crippen LogP contribution in [-0.4, -0.2) is 0 Å². The van der Waals surface area contributed by atoms with Crippen molar-refractivity contribution in [3.63, 3.8) is 0 Å². The molecule has 0 fully saturated rings. The summed E-state index contributed by atoms with van der Waals surface area (Å²) in [5.41, 5.74) is 0. The van der Waals surface area contributed by atoms with E-state index in [9.17, 15) is 0 Å². The summed E-state index contributed by atoms with van der Waals surface area (Å²) < 4.78 is 14.2. The van der Waals surface area contributed by atoms with Crippen molar-refractivity contribution in [2.24, 2.45) is 0 Å². The number of hydrogen-bond donors (Lipinski definition) is 0. The molecule has 3 heterocycles. The van der Waals surface area contributed by atoms with E-state index in [0.29, 0.717) is 0 Å². The largest absolute Gasteiger partial charge is 0.822 e. The van der Waals surface area contributed by atoms with Gasteiger partial charge in [-0.3, -0.25) is 0 Å². The van der Waals surface area contributed by atoms with Crippen molar-refractivity contribution in [1.82, 2.24) is 0 Å². The fourth-order valence-electron chi connectivity index (χ4n) is 1.60. The second-order valence-electron chi connectivity index (χ2n) is 4.96. The van der Waals surface area contributed by atoms with Crippen molar-refractivity contribution in [1.29, 1.82) is 0 Å². The molecule has 8 heteroatoms. The highest BCUT2D eigenvalue weighted by Gasteiger charge is 1.84. The van der Waals surface area contributed by atoms with Crippen LogP contribution in [0.15, 0.2) is 112 Å². The minimum Gasteiger partial charge on any atom is -0.822 e. The van der Waals surface area contributed by atoms with Gasteiger partial charge in [0.2, 0.25) is 0 Å². The molecule has 0 aliphatic rings. The molecule has 3 rings (SSSR count). The Morgan fingerprint density at radius 2 is 0.690 bits per heavy atom. The number of aromatic nitrogens is 3. The standard InChI is InChI=1S/3C7H8N.H3O4P/c3*1-2-8-6-4-3-5-7-8;1-5(2,3)4/h3*2-7H,1H2;(H3,1,2,3,4)/q3*+1;/p-3. The van der Waals surface area contributed by atoms with Crippen LogP contribution in [0, 0.1) is 0 Å². The Labute approximate surface area is 171 Å². The molecule has 0 radical (unpaired) electrons. The zero-order chi connectivity index (χ0) is 22.0. The Morgan fingerprint density at radius 1 is 0.517 bits per heavy atom. The second kappa shape index (κ2) is 15.8. The van der Waals surface area contributed by atoms with Crippen molar-refractivity contribution >= 4 is 26.4 Å². The van der Waals surface area contributed by atoms with Crippen LogP contribution < -0.4 is 28.4 Å². The van der Waals surface area contributed by atoms with Gasteiger partial charge in [0.25, 0.3) is 0 Å². The van der Waals surface area contributed by atoms with Gasteiger partial charge < -0.3 is 19.2 Å². The van der Waals surface area contributed by atoms with E-state index in [4.69, 9.17) is 19.2 Å². The van der Waals surface area contributed by atoms with Gasteiger partial charge in [0, 0.05) is 36.4 Å². The quantitative estimate of drug-likeness (QED) is 0.459. The minimum atomic E-state index is -5.39. The summed E-state index contributed by atoms with van der Waals surface area (Å²) in [6.45, 7) is 10.8. The summed E-state index contributed by atoms with van der Waals surface area (Å²) in [6, 6.07) is 17.7. The molecule has 0 spiro atoms. The fraction of sp³-hybridized carbons (Fsp3) is 0. The van der Waals surface area contributed by atoms with Gasteiger partial charge in [-0.1, -0.05) is 18.2 Å². The van der Waals surface area contributed by atoms with E-state index in [0.717, 1.165) is 0 Å². The monoisotopic (exact) mass is 413 g/mol. The van der Waals surface area contributed by atoms with E-state index in [1.807, 2.05) is 105 Å². The van der Waals surface area contributed by atoms with Gasteiger partial charge in [-0.2, -0.15) is 21.5 Å².